The molecule has 0 bridgehead atoms. The molecule has 0 unspecified atom stereocenters. The highest BCUT2D eigenvalue weighted by atomic mass is 35.5. The molecule has 26 heavy (non-hydrogen) atoms. The zero-order valence-corrected chi connectivity index (χ0v) is 15.1. The van der Waals surface area contributed by atoms with Crippen molar-refractivity contribution in [3.05, 3.63) is 55.6 Å². The van der Waals surface area contributed by atoms with Crippen LogP contribution in [0.2, 0.25) is 10.0 Å². The molecular weight excluding hydrogens is 383 g/mol. The third-order valence-corrected chi connectivity index (χ3v) is 4.42. The Morgan fingerprint density at radius 1 is 1.12 bits per heavy atom. The predicted molar refractivity (Wildman–Crippen MR) is 99.2 cm³/mol. The number of carbonyl (C=O) groups is 1. The lowest BCUT2D eigenvalue weighted by atomic mass is 10.0. The summed E-state index contributed by atoms with van der Waals surface area (Å²) in [7, 11) is 2.93. The van der Waals surface area contributed by atoms with Crippen LogP contribution >= 0.6 is 23.2 Å². The number of nitrogens with zero attached hydrogens (tertiary/aromatic N) is 1. The molecule has 2 aromatic carbocycles. The summed E-state index contributed by atoms with van der Waals surface area (Å²) in [5.74, 6) is 0.366. The Morgan fingerprint density at radius 3 is 2.46 bits per heavy atom. The van der Waals surface area contributed by atoms with E-state index in [9.17, 15) is 14.9 Å². The van der Waals surface area contributed by atoms with Crippen LogP contribution in [0.3, 0.4) is 0 Å². The fourth-order valence-corrected chi connectivity index (χ4v) is 3.20. The van der Waals surface area contributed by atoms with Crippen LogP contribution in [0, 0.1) is 10.1 Å². The van der Waals surface area contributed by atoms with Crippen LogP contribution < -0.4 is 14.8 Å². The molecule has 9 heteroatoms. The summed E-state index contributed by atoms with van der Waals surface area (Å²) in [5, 5.41) is 14.0. The van der Waals surface area contributed by atoms with Gasteiger partial charge in [0.05, 0.1) is 29.9 Å². The van der Waals surface area contributed by atoms with Gasteiger partial charge < -0.3 is 14.8 Å². The van der Waals surface area contributed by atoms with Crippen LogP contribution in [-0.4, -0.2) is 25.1 Å². The van der Waals surface area contributed by atoms with Crippen molar-refractivity contribution in [2.45, 2.75) is 0 Å². The maximum absolute atomic E-state index is 12.3. The lowest BCUT2D eigenvalue weighted by Crippen LogP contribution is -2.03. The maximum atomic E-state index is 12.3. The molecule has 0 radical (unpaired) electrons. The third-order valence-electron chi connectivity index (χ3n) is 3.83. The molecule has 2 aromatic rings. The van der Waals surface area contributed by atoms with Gasteiger partial charge in [0.1, 0.15) is 5.02 Å². The average Bonchev–Trinajstić information content (AvgIpc) is 2.87. The molecule has 0 aliphatic carbocycles. The van der Waals surface area contributed by atoms with Gasteiger partial charge >= 0.3 is 0 Å². The number of halogens is 2. The lowest BCUT2D eigenvalue weighted by Gasteiger charge is -2.10. The molecule has 0 spiro atoms. The van der Waals surface area contributed by atoms with Gasteiger partial charge in [-0.2, -0.15) is 0 Å². The number of hydrogen-bond acceptors (Lipinski definition) is 5. The first kappa shape index (κ1) is 18.0. The van der Waals surface area contributed by atoms with Crippen molar-refractivity contribution < 1.29 is 19.2 Å². The predicted octanol–water partition coefficient (Wildman–Crippen LogP) is 4.41. The average molecular weight is 395 g/mol. The minimum Gasteiger partial charge on any atom is -0.493 e. The van der Waals surface area contributed by atoms with Crippen molar-refractivity contribution in [1.29, 1.82) is 0 Å². The first-order valence-corrected chi connectivity index (χ1v) is 8.04. The Hall–Kier alpha value is -2.77. The van der Waals surface area contributed by atoms with E-state index in [-0.39, 0.29) is 16.3 Å². The number of fused-ring (bicyclic) bond motifs is 1. The lowest BCUT2D eigenvalue weighted by molar-refractivity contribution is -0.384. The molecule has 134 valence electrons. The normalized spacial score (nSPS) is 14.2. The summed E-state index contributed by atoms with van der Waals surface area (Å²) in [6.07, 6.45) is 1.56. The van der Waals surface area contributed by atoms with Crippen molar-refractivity contribution in [3.63, 3.8) is 0 Å². The second-order valence-electron chi connectivity index (χ2n) is 5.36. The molecule has 0 aromatic heterocycles. The molecule has 1 N–H and O–H groups in total. The maximum Gasteiger partial charge on any atom is 0.288 e. The number of hydrogen-bond donors (Lipinski definition) is 1. The molecule has 1 aliphatic heterocycles. The Morgan fingerprint density at radius 2 is 1.85 bits per heavy atom. The van der Waals surface area contributed by atoms with E-state index in [4.69, 9.17) is 32.7 Å². The van der Waals surface area contributed by atoms with Crippen LogP contribution in [0.15, 0.2) is 24.3 Å². The van der Waals surface area contributed by atoms with E-state index in [0.717, 1.165) is 0 Å². The molecule has 0 fully saturated rings. The Bertz CT molecular complexity index is 972. The van der Waals surface area contributed by atoms with E-state index in [1.165, 1.54) is 26.4 Å². The van der Waals surface area contributed by atoms with Gasteiger partial charge in [0.15, 0.2) is 11.5 Å². The number of nitro groups is 1. The molecule has 0 saturated heterocycles. The van der Waals surface area contributed by atoms with Gasteiger partial charge in [0, 0.05) is 17.2 Å². The monoisotopic (exact) mass is 394 g/mol. The fourth-order valence-electron chi connectivity index (χ4n) is 2.67. The SMILES string of the molecule is COc1cc(/C=C2/C(=O)Nc3cc(Cl)c([N+](=O)[O-])cc32)cc(Cl)c1OC. The summed E-state index contributed by atoms with van der Waals surface area (Å²) in [6.45, 7) is 0. The van der Waals surface area contributed by atoms with Crippen LogP contribution in [0.5, 0.6) is 11.5 Å². The van der Waals surface area contributed by atoms with E-state index >= 15 is 0 Å². The quantitative estimate of drug-likeness (QED) is 0.471. The molecule has 0 saturated carbocycles. The largest absolute Gasteiger partial charge is 0.493 e. The number of ether oxygens (including phenoxy) is 2. The number of nitrogens with one attached hydrogen (secondary N) is 1. The third kappa shape index (κ3) is 3.07. The summed E-state index contributed by atoms with van der Waals surface area (Å²) in [5.41, 5.74) is 1.34. The second-order valence-corrected chi connectivity index (χ2v) is 6.17. The number of benzene rings is 2. The summed E-state index contributed by atoms with van der Waals surface area (Å²) < 4.78 is 10.4. The molecule has 1 heterocycles. The highest BCUT2D eigenvalue weighted by molar-refractivity contribution is 6.38. The number of anilines is 1. The van der Waals surface area contributed by atoms with Crippen LogP contribution in [0.1, 0.15) is 11.1 Å². The van der Waals surface area contributed by atoms with Crippen molar-refractivity contribution in [2.24, 2.45) is 0 Å². The smallest absolute Gasteiger partial charge is 0.288 e. The van der Waals surface area contributed by atoms with Gasteiger partial charge in [-0.3, -0.25) is 14.9 Å². The zero-order valence-electron chi connectivity index (χ0n) is 13.6. The second kappa shape index (κ2) is 6.86. The molecule has 1 amide bonds. The van der Waals surface area contributed by atoms with E-state index in [0.29, 0.717) is 33.3 Å². The zero-order chi connectivity index (χ0) is 19.0. The Labute approximate surface area is 158 Å². The summed E-state index contributed by atoms with van der Waals surface area (Å²) >= 11 is 12.1. The molecule has 3 rings (SSSR count). The van der Waals surface area contributed by atoms with Gasteiger partial charge in [0.2, 0.25) is 0 Å². The number of nitro benzene ring substituents is 1. The molecular formula is C17H12Cl2N2O5. The first-order chi connectivity index (χ1) is 12.3. The van der Waals surface area contributed by atoms with E-state index in [1.807, 2.05) is 0 Å². The first-order valence-electron chi connectivity index (χ1n) is 7.28. The van der Waals surface area contributed by atoms with Gasteiger partial charge in [-0.15, -0.1) is 0 Å². The number of methoxy groups -OCH3 is 2. The van der Waals surface area contributed by atoms with Gasteiger partial charge in [-0.1, -0.05) is 23.2 Å². The van der Waals surface area contributed by atoms with E-state index in [1.54, 1.807) is 18.2 Å². The van der Waals surface area contributed by atoms with Gasteiger partial charge in [-0.05, 0) is 29.8 Å². The van der Waals surface area contributed by atoms with Crippen molar-refractivity contribution in [2.75, 3.05) is 19.5 Å². The Kier molecular flexibility index (Phi) is 4.76. The topological polar surface area (TPSA) is 90.7 Å². The fraction of sp³-hybridized carbons (Fsp3) is 0.118. The van der Waals surface area contributed by atoms with Gasteiger partial charge in [0.25, 0.3) is 11.6 Å². The highest BCUT2D eigenvalue weighted by Gasteiger charge is 2.28. The standard InChI is InChI=1S/C17H12Cl2N2O5/c1-25-15-5-8(4-12(19)16(15)26-2)3-10-9-6-14(21(23)24)11(18)7-13(9)20-17(10)22/h3-7H,1-2H3,(H,20,22)/b10-3+. The van der Waals surface area contributed by atoms with E-state index < -0.39 is 10.8 Å². The summed E-state index contributed by atoms with van der Waals surface area (Å²) in [4.78, 5) is 22.8. The van der Waals surface area contributed by atoms with Crippen LogP contribution in [0.25, 0.3) is 11.6 Å². The molecule has 7 nitrogen and oxygen atoms in total. The minimum atomic E-state index is -0.601. The van der Waals surface area contributed by atoms with Crippen molar-refractivity contribution in [1.82, 2.24) is 0 Å². The van der Waals surface area contributed by atoms with Crippen molar-refractivity contribution >= 4 is 52.1 Å². The van der Waals surface area contributed by atoms with Crippen molar-refractivity contribution in [3.8, 4) is 11.5 Å². The molecule has 1 aliphatic rings. The summed E-state index contributed by atoms with van der Waals surface area (Å²) in [6, 6.07) is 5.87. The van der Waals surface area contributed by atoms with Crippen LogP contribution in [-0.2, 0) is 4.79 Å². The Balaban J connectivity index is 2.14. The number of carbonyl (C=O) groups excluding carboxylic acids is 1. The minimum absolute atomic E-state index is 0.0514. The highest BCUT2D eigenvalue weighted by Crippen LogP contribution is 2.41. The molecule has 0 atom stereocenters. The van der Waals surface area contributed by atoms with Crippen LogP contribution in [0.4, 0.5) is 11.4 Å². The van der Waals surface area contributed by atoms with Gasteiger partial charge in [-0.25, -0.2) is 0 Å². The number of amides is 1. The number of rotatable bonds is 4. The van der Waals surface area contributed by atoms with E-state index in [2.05, 4.69) is 5.32 Å².